The molecule has 0 unspecified atom stereocenters. The molecule has 0 fully saturated rings. The molecule has 0 N–H and O–H groups in total. The van der Waals surface area contributed by atoms with Crippen LogP contribution in [0.2, 0.25) is 0 Å². The smallest absolute Gasteiger partial charge is 0.0900 e. The second-order valence-electron chi connectivity index (χ2n) is 13.6. The third-order valence-corrected chi connectivity index (χ3v) is 10.5. The second-order valence-corrected chi connectivity index (χ2v) is 13.6. The van der Waals surface area contributed by atoms with Gasteiger partial charge in [0, 0.05) is 34.3 Å². The van der Waals surface area contributed by atoms with E-state index in [9.17, 15) is 0 Å². The van der Waals surface area contributed by atoms with E-state index in [-0.39, 0.29) is 5.41 Å². The lowest BCUT2D eigenvalue weighted by Crippen LogP contribution is -2.16. The molecule has 0 aliphatic heterocycles. The molecule has 1 aliphatic rings. The summed E-state index contributed by atoms with van der Waals surface area (Å²) >= 11 is 0. The zero-order chi connectivity index (χ0) is 33.4. The van der Waals surface area contributed by atoms with Gasteiger partial charge in [-0.25, -0.2) is 4.98 Å². The van der Waals surface area contributed by atoms with Gasteiger partial charge in [0.15, 0.2) is 0 Å². The SMILES string of the molecule is CC1(C)c2ccccc2-c2c1c1c(c3ccccc23)c2ccccc2n1-c1ccc(-c2cc(-c3ccccn3)nc(-c3ccccn3)c2)cc1. The Kier molecular flexibility index (Phi) is 6.19. The van der Waals surface area contributed by atoms with Gasteiger partial charge in [-0.3, -0.25) is 9.97 Å². The zero-order valence-corrected chi connectivity index (χ0v) is 27.8. The van der Waals surface area contributed by atoms with Gasteiger partial charge in [0.05, 0.1) is 33.8 Å². The molecule has 4 nitrogen and oxygen atoms in total. The Balaban J connectivity index is 1.22. The fourth-order valence-corrected chi connectivity index (χ4v) is 8.25. The van der Waals surface area contributed by atoms with Gasteiger partial charge in [-0.2, -0.15) is 0 Å². The van der Waals surface area contributed by atoms with Crippen molar-refractivity contribution < 1.29 is 0 Å². The number of para-hydroxylation sites is 1. The normalized spacial score (nSPS) is 13.2. The maximum absolute atomic E-state index is 4.99. The molecule has 236 valence electrons. The van der Waals surface area contributed by atoms with E-state index < -0.39 is 0 Å². The second kappa shape index (κ2) is 10.8. The van der Waals surface area contributed by atoms with Crippen LogP contribution in [-0.4, -0.2) is 19.5 Å². The van der Waals surface area contributed by atoms with Crippen LogP contribution in [-0.2, 0) is 5.41 Å². The number of hydrogen-bond acceptors (Lipinski definition) is 3. The molecule has 0 radical (unpaired) electrons. The summed E-state index contributed by atoms with van der Waals surface area (Å²) in [5, 5.41) is 5.19. The molecule has 0 saturated heterocycles. The van der Waals surface area contributed by atoms with Gasteiger partial charge in [0.2, 0.25) is 0 Å². The van der Waals surface area contributed by atoms with E-state index in [1.165, 1.54) is 54.8 Å². The van der Waals surface area contributed by atoms with Crippen LogP contribution in [0.25, 0.3) is 83.3 Å². The molecule has 5 aromatic carbocycles. The fraction of sp³-hybridized carbons (Fsp3) is 0.0652. The molecule has 4 heteroatoms. The molecule has 10 rings (SSSR count). The molecule has 0 atom stereocenters. The van der Waals surface area contributed by atoms with Crippen molar-refractivity contribution in [2.45, 2.75) is 19.3 Å². The van der Waals surface area contributed by atoms with Crippen molar-refractivity contribution in [1.82, 2.24) is 19.5 Å². The number of benzene rings is 5. The Hall–Kier alpha value is -6.39. The summed E-state index contributed by atoms with van der Waals surface area (Å²) in [6.07, 6.45) is 3.62. The lowest BCUT2D eigenvalue weighted by atomic mass is 9.80. The summed E-state index contributed by atoms with van der Waals surface area (Å²) in [6.45, 7) is 4.78. The maximum Gasteiger partial charge on any atom is 0.0900 e. The van der Waals surface area contributed by atoms with E-state index in [0.717, 1.165) is 39.6 Å². The van der Waals surface area contributed by atoms with Gasteiger partial charge in [-0.1, -0.05) is 105 Å². The highest BCUT2D eigenvalue weighted by atomic mass is 15.0. The molecule has 0 bridgehead atoms. The molecular weight excluding hydrogens is 609 g/mol. The minimum atomic E-state index is -0.180. The van der Waals surface area contributed by atoms with E-state index >= 15 is 0 Å². The first-order valence-electron chi connectivity index (χ1n) is 17.1. The number of aromatic nitrogens is 4. The summed E-state index contributed by atoms with van der Waals surface area (Å²) in [4.78, 5) is 14.2. The summed E-state index contributed by atoms with van der Waals surface area (Å²) < 4.78 is 2.50. The Morgan fingerprint density at radius 2 is 1.12 bits per heavy atom. The summed E-state index contributed by atoms with van der Waals surface area (Å²) in [6, 6.07) is 51.9. The Labute approximate surface area is 290 Å². The first-order chi connectivity index (χ1) is 24.6. The Morgan fingerprint density at radius 3 is 1.80 bits per heavy atom. The lowest BCUT2D eigenvalue weighted by Gasteiger charge is -2.24. The number of rotatable bonds is 4. The van der Waals surface area contributed by atoms with Gasteiger partial charge in [-0.05, 0) is 98.8 Å². The quantitative estimate of drug-likeness (QED) is 0.192. The number of hydrogen-bond donors (Lipinski definition) is 0. The average molecular weight is 641 g/mol. The molecule has 0 saturated carbocycles. The van der Waals surface area contributed by atoms with E-state index in [4.69, 9.17) is 4.98 Å². The van der Waals surface area contributed by atoms with E-state index in [1.807, 2.05) is 48.8 Å². The summed E-state index contributed by atoms with van der Waals surface area (Å²) in [5.41, 5.74) is 14.4. The monoisotopic (exact) mass is 640 g/mol. The van der Waals surface area contributed by atoms with Gasteiger partial charge in [-0.15, -0.1) is 0 Å². The van der Waals surface area contributed by atoms with Crippen molar-refractivity contribution >= 4 is 32.6 Å². The highest BCUT2D eigenvalue weighted by Crippen LogP contribution is 2.56. The van der Waals surface area contributed by atoms with Crippen molar-refractivity contribution in [3.63, 3.8) is 0 Å². The van der Waals surface area contributed by atoms with Crippen LogP contribution in [0.15, 0.2) is 158 Å². The number of pyridine rings is 3. The van der Waals surface area contributed by atoms with Crippen LogP contribution in [0, 0.1) is 0 Å². The minimum Gasteiger partial charge on any atom is -0.309 e. The van der Waals surface area contributed by atoms with Gasteiger partial charge >= 0.3 is 0 Å². The third kappa shape index (κ3) is 4.15. The lowest BCUT2D eigenvalue weighted by molar-refractivity contribution is 0.664. The van der Waals surface area contributed by atoms with E-state index in [2.05, 4.69) is 138 Å². The van der Waals surface area contributed by atoms with Crippen LogP contribution in [0.4, 0.5) is 0 Å². The largest absolute Gasteiger partial charge is 0.309 e. The summed E-state index contributed by atoms with van der Waals surface area (Å²) in [7, 11) is 0. The first-order valence-corrected chi connectivity index (χ1v) is 17.1. The predicted molar refractivity (Wildman–Crippen MR) is 206 cm³/mol. The molecule has 0 amide bonds. The van der Waals surface area contributed by atoms with Crippen LogP contribution < -0.4 is 0 Å². The van der Waals surface area contributed by atoms with Crippen LogP contribution in [0.5, 0.6) is 0 Å². The molecule has 9 aromatic rings. The van der Waals surface area contributed by atoms with E-state index in [0.29, 0.717) is 0 Å². The predicted octanol–water partition coefficient (Wildman–Crippen LogP) is 11.4. The molecule has 1 aliphatic carbocycles. The van der Waals surface area contributed by atoms with Crippen molar-refractivity contribution in [2.75, 3.05) is 0 Å². The minimum absolute atomic E-state index is 0.180. The molecule has 0 spiro atoms. The average Bonchev–Trinajstić information content (AvgIpc) is 3.65. The molecular formula is C46H32N4. The zero-order valence-electron chi connectivity index (χ0n) is 27.8. The number of nitrogens with zero attached hydrogens (tertiary/aromatic N) is 4. The number of fused-ring (bicyclic) bond motifs is 10. The van der Waals surface area contributed by atoms with Crippen LogP contribution in [0.1, 0.15) is 25.0 Å². The van der Waals surface area contributed by atoms with Crippen molar-refractivity contribution in [2.24, 2.45) is 0 Å². The van der Waals surface area contributed by atoms with E-state index in [1.54, 1.807) is 0 Å². The highest BCUT2D eigenvalue weighted by Gasteiger charge is 2.40. The standard InChI is InChI=1S/C46H32N4/c1-46(2)36-17-7-5-15-34(36)42-32-13-3-4-14-33(32)43-35-16-6-8-20-41(35)50(45(43)44(42)46)31-23-21-29(22-24-31)30-27-39(37-18-9-11-25-47-37)49-40(28-30)38-19-10-12-26-48-38/h3-28H,1-2H3. The fourth-order valence-electron chi connectivity index (χ4n) is 8.25. The Morgan fingerprint density at radius 1 is 0.520 bits per heavy atom. The van der Waals surface area contributed by atoms with Crippen LogP contribution in [0.3, 0.4) is 0 Å². The first kappa shape index (κ1) is 28.6. The van der Waals surface area contributed by atoms with Crippen LogP contribution >= 0.6 is 0 Å². The maximum atomic E-state index is 4.99. The Bertz CT molecular complexity index is 2700. The molecule has 50 heavy (non-hydrogen) atoms. The highest BCUT2D eigenvalue weighted by molar-refractivity contribution is 6.26. The molecule has 4 heterocycles. The van der Waals surface area contributed by atoms with Gasteiger partial charge in [0.1, 0.15) is 0 Å². The van der Waals surface area contributed by atoms with Crippen molar-refractivity contribution in [1.29, 1.82) is 0 Å². The molecule has 4 aromatic heterocycles. The summed E-state index contributed by atoms with van der Waals surface area (Å²) in [5.74, 6) is 0. The third-order valence-electron chi connectivity index (χ3n) is 10.5. The van der Waals surface area contributed by atoms with Crippen molar-refractivity contribution in [3.8, 4) is 50.7 Å². The topological polar surface area (TPSA) is 43.6 Å². The van der Waals surface area contributed by atoms with Gasteiger partial charge in [0.25, 0.3) is 0 Å². The van der Waals surface area contributed by atoms with Crippen molar-refractivity contribution in [3.05, 3.63) is 169 Å². The van der Waals surface area contributed by atoms with Gasteiger partial charge < -0.3 is 4.57 Å².